The minimum Gasteiger partial charge on any atom is -0.413 e. The fourth-order valence-corrected chi connectivity index (χ4v) is 3.15. The Labute approximate surface area is 106 Å². The second kappa shape index (κ2) is 5.65. The third-order valence-electron chi connectivity index (χ3n) is 3.87. The van der Waals surface area contributed by atoms with Gasteiger partial charge in [-0.15, -0.1) is 0 Å². The molecule has 100 valence electrons. The summed E-state index contributed by atoms with van der Waals surface area (Å²) in [5.41, 5.74) is 0. The molecule has 0 bridgehead atoms. The van der Waals surface area contributed by atoms with Gasteiger partial charge in [-0.25, -0.2) is 0 Å². The second-order valence-electron chi connectivity index (χ2n) is 6.36. The van der Waals surface area contributed by atoms with Crippen LogP contribution in [-0.2, 0) is 4.43 Å². The molecule has 17 heavy (non-hydrogen) atoms. The Morgan fingerprint density at radius 1 is 1.41 bits per heavy atom. The number of hydrogen-bond acceptors (Lipinski definition) is 3. The van der Waals surface area contributed by atoms with Crippen LogP contribution in [0, 0.1) is 0 Å². The van der Waals surface area contributed by atoms with Crippen LogP contribution in [0.3, 0.4) is 0 Å². The lowest BCUT2D eigenvalue weighted by Crippen LogP contribution is -2.44. The molecule has 2 N–H and O–H groups in total. The predicted octanol–water partition coefficient (Wildman–Crippen LogP) is 2.29. The van der Waals surface area contributed by atoms with Crippen molar-refractivity contribution in [3.8, 4) is 0 Å². The van der Waals surface area contributed by atoms with Gasteiger partial charge in [0.25, 0.3) is 0 Å². The molecular formula is C13H27NO2Si. The van der Waals surface area contributed by atoms with Crippen molar-refractivity contribution in [2.45, 2.75) is 57.5 Å². The van der Waals surface area contributed by atoms with Crippen LogP contribution in [-0.4, -0.2) is 38.7 Å². The van der Waals surface area contributed by atoms with Crippen LogP contribution in [0.1, 0.15) is 27.2 Å². The zero-order valence-electron chi connectivity index (χ0n) is 11.8. The SMILES string of the molecule is CC(C)(C)[Si](C)(C)OC1CNC(C=CCO)C1. The highest BCUT2D eigenvalue weighted by atomic mass is 28.4. The molecule has 2 unspecified atom stereocenters. The van der Waals surface area contributed by atoms with E-state index < -0.39 is 8.32 Å². The summed E-state index contributed by atoms with van der Waals surface area (Å²) in [6.07, 6.45) is 5.17. The van der Waals surface area contributed by atoms with Crippen molar-refractivity contribution in [3.63, 3.8) is 0 Å². The van der Waals surface area contributed by atoms with Crippen molar-refractivity contribution < 1.29 is 9.53 Å². The monoisotopic (exact) mass is 257 g/mol. The molecule has 0 saturated carbocycles. The molecule has 1 aliphatic heterocycles. The van der Waals surface area contributed by atoms with Gasteiger partial charge in [-0.2, -0.15) is 0 Å². The fourth-order valence-electron chi connectivity index (χ4n) is 1.79. The van der Waals surface area contributed by atoms with Crippen LogP contribution >= 0.6 is 0 Å². The van der Waals surface area contributed by atoms with Crippen molar-refractivity contribution in [2.75, 3.05) is 13.2 Å². The molecule has 1 heterocycles. The lowest BCUT2D eigenvalue weighted by atomic mass is 10.2. The molecule has 1 fully saturated rings. The number of rotatable bonds is 4. The van der Waals surface area contributed by atoms with Crippen molar-refractivity contribution in [1.82, 2.24) is 5.32 Å². The van der Waals surface area contributed by atoms with Gasteiger partial charge in [0.1, 0.15) is 0 Å². The number of nitrogens with one attached hydrogen (secondary N) is 1. The molecular weight excluding hydrogens is 230 g/mol. The molecule has 1 rings (SSSR count). The summed E-state index contributed by atoms with van der Waals surface area (Å²) in [5.74, 6) is 0. The van der Waals surface area contributed by atoms with E-state index in [1.807, 2.05) is 6.08 Å². The lowest BCUT2D eigenvalue weighted by Gasteiger charge is -2.38. The van der Waals surface area contributed by atoms with Crippen LogP contribution in [0.2, 0.25) is 18.1 Å². The minimum atomic E-state index is -1.64. The molecule has 0 aromatic rings. The molecule has 3 nitrogen and oxygen atoms in total. The van der Waals surface area contributed by atoms with Gasteiger partial charge >= 0.3 is 0 Å². The minimum absolute atomic E-state index is 0.117. The molecule has 0 aliphatic carbocycles. The lowest BCUT2D eigenvalue weighted by molar-refractivity contribution is 0.198. The van der Waals surface area contributed by atoms with Crippen molar-refractivity contribution in [3.05, 3.63) is 12.2 Å². The Morgan fingerprint density at radius 2 is 2.06 bits per heavy atom. The van der Waals surface area contributed by atoms with Gasteiger partial charge in [0, 0.05) is 12.6 Å². The van der Waals surface area contributed by atoms with Crippen LogP contribution in [0.5, 0.6) is 0 Å². The Kier molecular flexibility index (Phi) is 4.95. The van der Waals surface area contributed by atoms with Gasteiger partial charge in [-0.1, -0.05) is 32.9 Å². The maximum absolute atomic E-state index is 8.75. The van der Waals surface area contributed by atoms with E-state index in [2.05, 4.69) is 39.2 Å². The average Bonchev–Trinajstić information content (AvgIpc) is 2.60. The molecule has 2 atom stereocenters. The zero-order valence-corrected chi connectivity index (χ0v) is 12.8. The number of hydrogen-bond donors (Lipinski definition) is 2. The van der Waals surface area contributed by atoms with Crippen LogP contribution < -0.4 is 5.32 Å². The van der Waals surface area contributed by atoms with E-state index in [4.69, 9.17) is 9.53 Å². The van der Waals surface area contributed by atoms with Crippen LogP contribution in [0.4, 0.5) is 0 Å². The summed E-state index contributed by atoms with van der Waals surface area (Å²) >= 11 is 0. The quantitative estimate of drug-likeness (QED) is 0.600. The van der Waals surface area contributed by atoms with E-state index in [1.165, 1.54) is 0 Å². The maximum Gasteiger partial charge on any atom is 0.192 e. The Morgan fingerprint density at radius 3 is 2.59 bits per heavy atom. The summed E-state index contributed by atoms with van der Waals surface area (Å²) < 4.78 is 6.35. The highest BCUT2D eigenvalue weighted by molar-refractivity contribution is 6.74. The first-order valence-electron chi connectivity index (χ1n) is 6.45. The first kappa shape index (κ1) is 14.9. The predicted molar refractivity (Wildman–Crippen MR) is 74.7 cm³/mol. The first-order valence-corrected chi connectivity index (χ1v) is 9.36. The van der Waals surface area contributed by atoms with E-state index >= 15 is 0 Å². The number of aliphatic hydroxyl groups excluding tert-OH is 1. The molecule has 0 spiro atoms. The van der Waals surface area contributed by atoms with Crippen molar-refractivity contribution in [2.24, 2.45) is 0 Å². The normalized spacial score (nSPS) is 26.9. The van der Waals surface area contributed by atoms with Crippen molar-refractivity contribution in [1.29, 1.82) is 0 Å². The van der Waals surface area contributed by atoms with Crippen molar-refractivity contribution >= 4 is 8.32 Å². The maximum atomic E-state index is 8.75. The zero-order chi connectivity index (χ0) is 13.1. The number of aliphatic hydroxyl groups is 1. The molecule has 4 heteroatoms. The smallest absolute Gasteiger partial charge is 0.192 e. The molecule has 1 saturated heterocycles. The second-order valence-corrected chi connectivity index (χ2v) is 11.1. The molecule has 1 aliphatic rings. The fraction of sp³-hybridized carbons (Fsp3) is 0.846. The van der Waals surface area contributed by atoms with E-state index in [9.17, 15) is 0 Å². The molecule has 0 amide bonds. The highest BCUT2D eigenvalue weighted by Crippen LogP contribution is 2.38. The van der Waals surface area contributed by atoms with Gasteiger partial charge in [0.15, 0.2) is 8.32 Å². The van der Waals surface area contributed by atoms with Crippen LogP contribution in [0.15, 0.2) is 12.2 Å². The standard InChI is InChI=1S/C13H27NO2Si/c1-13(2,3)17(4,5)16-12-9-11(14-10-12)7-6-8-15/h6-7,11-12,14-15H,8-10H2,1-5H3. The summed E-state index contributed by atoms with van der Waals surface area (Å²) in [4.78, 5) is 0. The average molecular weight is 257 g/mol. The van der Waals surface area contributed by atoms with Gasteiger partial charge in [-0.3, -0.25) is 0 Å². The van der Waals surface area contributed by atoms with E-state index in [-0.39, 0.29) is 11.6 Å². The Bertz CT molecular complexity index is 271. The first-order chi connectivity index (χ1) is 7.76. The molecule has 0 aromatic carbocycles. The highest BCUT2D eigenvalue weighted by Gasteiger charge is 2.40. The third kappa shape index (κ3) is 4.21. The summed E-state index contributed by atoms with van der Waals surface area (Å²) in [6.45, 7) is 12.4. The van der Waals surface area contributed by atoms with Gasteiger partial charge in [-0.05, 0) is 24.6 Å². The van der Waals surface area contributed by atoms with Crippen LogP contribution in [0.25, 0.3) is 0 Å². The molecule has 0 aromatic heterocycles. The van der Waals surface area contributed by atoms with Gasteiger partial charge in [0.2, 0.25) is 0 Å². The van der Waals surface area contributed by atoms with E-state index in [0.29, 0.717) is 12.1 Å². The summed E-state index contributed by atoms with van der Waals surface area (Å²) in [5, 5.41) is 12.4. The largest absolute Gasteiger partial charge is 0.413 e. The van der Waals surface area contributed by atoms with Gasteiger partial charge in [0.05, 0.1) is 12.7 Å². The summed E-state index contributed by atoms with van der Waals surface area (Å²) in [6, 6.07) is 0.358. The van der Waals surface area contributed by atoms with Gasteiger partial charge < -0.3 is 14.8 Å². The topological polar surface area (TPSA) is 41.5 Å². The molecule has 0 radical (unpaired) electrons. The third-order valence-corrected chi connectivity index (χ3v) is 8.40. The van der Waals surface area contributed by atoms with E-state index in [1.54, 1.807) is 6.08 Å². The van der Waals surface area contributed by atoms with E-state index in [0.717, 1.165) is 13.0 Å². The summed E-state index contributed by atoms with van der Waals surface area (Å²) in [7, 11) is -1.64. The Hall–Kier alpha value is -0.163. The Balaban J connectivity index is 2.48.